The largest absolute Gasteiger partial charge is 0.497 e. The Morgan fingerprint density at radius 3 is 2.16 bits per heavy atom. The van der Waals surface area contributed by atoms with E-state index in [-0.39, 0.29) is 5.56 Å². The Kier molecular flexibility index (Phi) is 3.49. The number of benzene rings is 2. The fraction of sp³-hybridized carbons (Fsp3) is 0.167. The molecule has 102 valence electrons. The summed E-state index contributed by atoms with van der Waals surface area (Å²) in [4.78, 5) is 0. The molecule has 0 amide bonds. The zero-order valence-corrected chi connectivity index (χ0v) is 11.0. The molecule has 0 aliphatic heterocycles. The Morgan fingerprint density at radius 1 is 1.00 bits per heavy atom. The molecule has 0 fully saturated rings. The van der Waals surface area contributed by atoms with Gasteiger partial charge in [0, 0.05) is 10.4 Å². The van der Waals surface area contributed by atoms with Crippen LogP contribution in [-0.4, -0.2) is 13.9 Å². The minimum absolute atomic E-state index is 0.0809. The summed E-state index contributed by atoms with van der Waals surface area (Å²) in [6.45, 7) is 0. The number of sulfone groups is 1. The molecule has 2 aromatic carbocycles. The second-order valence-corrected chi connectivity index (χ2v) is 6.35. The summed E-state index contributed by atoms with van der Waals surface area (Å²) in [5.41, 5.74) is -5.18. The quantitative estimate of drug-likeness (QED) is 0.842. The third kappa shape index (κ3) is 2.69. The molecule has 19 heavy (non-hydrogen) atoms. The first-order valence-electron chi connectivity index (χ1n) is 5.17. The topological polar surface area (TPSA) is 34.1 Å². The molecule has 0 aromatic heterocycles. The predicted octanol–water partition coefficient (Wildman–Crippen LogP) is 3.93. The summed E-state index contributed by atoms with van der Waals surface area (Å²) < 4.78 is 59.5. The van der Waals surface area contributed by atoms with Gasteiger partial charge < -0.3 is 0 Å². The zero-order valence-electron chi connectivity index (χ0n) is 9.41. The van der Waals surface area contributed by atoms with Gasteiger partial charge in [-0.05, 0) is 17.0 Å². The SMILES string of the molecule is O=S(=O)(Cc1ccc(Cl)c2ccccc12)C(F)(F)F. The van der Waals surface area contributed by atoms with Gasteiger partial charge >= 0.3 is 5.51 Å². The van der Waals surface area contributed by atoms with Gasteiger partial charge in [-0.2, -0.15) is 13.2 Å². The monoisotopic (exact) mass is 308 g/mol. The van der Waals surface area contributed by atoms with Crippen molar-refractivity contribution < 1.29 is 21.6 Å². The van der Waals surface area contributed by atoms with E-state index in [2.05, 4.69) is 0 Å². The van der Waals surface area contributed by atoms with Crippen LogP contribution in [-0.2, 0) is 15.6 Å². The lowest BCUT2D eigenvalue weighted by Gasteiger charge is -2.11. The maximum Gasteiger partial charge on any atom is 0.497 e. The average Bonchev–Trinajstić information content (AvgIpc) is 2.32. The van der Waals surface area contributed by atoms with E-state index in [0.29, 0.717) is 15.8 Å². The smallest absolute Gasteiger partial charge is 0.219 e. The van der Waals surface area contributed by atoms with Crippen LogP contribution in [0.25, 0.3) is 10.8 Å². The second-order valence-electron chi connectivity index (χ2n) is 3.96. The third-order valence-corrected chi connectivity index (χ3v) is 4.39. The van der Waals surface area contributed by atoms with Gasteiger partial charge in [0.25, 0.3) is 9.84 Å². The summed E-state index contributed by atoms with van der Waals surface area (Å²) in [5, 5.41) is 1.30. The number of fused-ring (bicyclic) bond motifs is 1. The molecule has 2 nitrogen and oxygen atoms in total. The van der Waals surface area contributed by atoms with Gasteiger partial charge in [-0.3, -0.25) is 0 Å². The highest BCUT2D eigenvalue weighted by Crippen LogP contribution is 2.31. The molecule has 0 saturated carbocycles. The minimum atomic E-state index is -5.26. The zero-order chi connectivity index (χ0) is 14.3. The first kappa shape index (κ1) is 14.1. The molecule has 0 bridgehead atoms. The lowest BCUT2D eigenvalue weighted by molar-refractivity contribution is -0.0437. The highest BCUT2D eigenvalue weighted by atomic mass is 35.5. The number of rotatable bonds is 2. The van der Waals surface area contributed by atoms with Gasteiger partial charge in [-0.1, -0.05) is 41.9 Å². The Hall–Kier alpha value is -1.27. The molecule has 0 aliphatic carbocycles. The Labute approximate surface area is 112 Å². The molecule has 0 atom stereocenters. The number of alkyl halides is 3. The first-order valence-corrected chi connectivity index (χ1v) is 7.20. The van der Waals surface area contributed by atoms with E-state index in [1.807, 2.05) is 0 Å². The van der Waals surface area contributed by atoms with Crippen molar-refractivity contribution >= 4 is 32.2 Å². The van der Waals surface area contributed by atoms with Crippen LogP contribution >= 0.6 is 11.6 Å². The van der Waals surface area contributed by atoms with Crippen LogP contribution in [0.2, 0.25) is 5.02 Å². The van der Waals surface area contributed by atoms with Crippen molar-refractivity contribution in [2.45, 2.75) is 11.3 Å². The summed E-state index contributed by atoms with van der Waals surface area (Å²) in [6, 6.07) is 9.15. The van der Waals surface area contributed by atoms with Crippen LogP contribution < -0.4 is 0 Å². The molecule has 0 heterocycles. The summed E-state index contributed by atoms with van der Waals surface area (Å²) in [7, 11) is -5.20. The van der Waals surface area contributed by atoms with Crippen LogP contribution in [0, 0.1) is 0 Å². The van der Waals surface area contributed by atoms with Gasteiger partial charge in [0.15, 0.2) is 0 Å². The van der Waals surface area contributed by atoms with Crippen LogP contribution in [0.1, 0.15) is 5.56 Å². The second kappa shape index (κ2) is 4.68. The summed E-state index contributed by atoms with van der Waals surface area (Å²) >= 11 is 5.92. The van der Waals surface area contributed by atoms with E-state index in [0.717, 1.165) is 0 Å². The molecule has 2 rings (SSSR count). The van der Waals surface area contributed by atoms with Gasteiger partial charge in [0.1, 0.15) is 0 Å². The number of hydrogen-bond donors (Lipinski definition) is 0. The normalized spacial score (nSPS) is 12.8. The molecule has 0 spiro atoms. The maximum atomic E-state index is 12.4. The number of hydrogen-bond acceptors (Lipinski definition) is 2. The van der Waals surface area contributed by atoms with E-state index in [9.17, 15) is 21.6 Å². The molecule has 2 aromatic rings. The highest BCUT2D eigenvalue weighted by molar-refractivity contribution is 7.91. The molecule has 7 heteroatoms. The van der Waals surface area contributed by atoms with Crippen LogP contribution in [0.4, 0.5) is 13.2 Å². The van der Waals surface area contributed by atoms with Crippen LogP contribution in [0.15, 0.2) is 36.4 Å². The van der Waals surface area contributed by atoms with Crippen molar-refractivity contribution in [2.75, 3.05) is 0 Å². The molecule has 0 N–H and O–H groups in total. The molecule has 0 aliphatic rings. The summed E-state index contributed by atoms with van der Waals surface area (Å²) in [6.07, 6.45) is 0. The molecular formula is C12H8ClF3O2S. The Bertz CT molecular complexity index is 723. The molecule has 0 saturated heterocycles. The van der Waals surface area contributed by atoms with Crippen LogP contribution in [0.3, 0.4) is 0 Å². The van der Waals surface area contributed by atoms with Gasteiger partial charge in [-0.25, -0.2) is 8.42 Å². The van der Waals surface area contributed by atoms with Crippen molar-refractivity contribution in [1.29, 1.82) is 0 Å². The Balaban J connectivity index is 2.57. The molecular weight excluding hydrogens is 301 g/mol. The van der Waals surface area contributed by atoms with E-state index in [4.69, 9.17) is 11.6 Å². The van der Waals surface area contributed by atoms with Gasteiger partial charge in [-0.15, -0.1) is 0 Å². The van der Waals surface area contributed by atoms with Gasteiger partial charge in [0.05, 0.1) is 5.75 Å². The Morgan fingerprint density at radius 2 is 1.58 bits per heavy atom. The van der Waals surface area contributed by atoms with Gasteiger partial charge in [0.2, 0.25) is 0 Å². The van der Waals surface area contributed by atoms with Crippen molar-refractivity contribution in [3.63, 3.8) is 0 Å². The van der Waals surface area contributed by atoms with E-state index in [1.54, 1.807) is 24.3 Å². The fourth-order valence-corrected chi connectivity index (χ4v) is 2.79. The van der Waals surface area contributed by atoms with Crippen molar-refractivity contribution in [1.82, 2.24) is 0 Å². The minimum Gasteiger partial charge on any atom is -0.219 e. The van der Waals surface area contributed by atoms with Crippen molar-refractivity contribution in [3.8, 4) is 0 Å². The van der Waals surface area contributed by atoms with E-state index in [1.165, 1.54) is 12.1 Å². The third-order valence-electron chi connectivity index (χ3n) is 2.66. The lowest BCUT2D eigenvalue weighted by Crippen LogP contribution is -2.24. The average molecular weight is 309 g/mol. The maximum absolute atomic E-state index is 12.4. The summed E-state index contributed by atoms with van der Waals surface area (Å²) in [5.74, 6) is -1.09. The fourth-order valence-electron chi connectivity index (χ4n) is 1.74. The first-order chi connectivity index (χ1) is 8.72. The standard InChI is InChI=1S/C12H8ClF3O2S/c13-11-6-5-8(7-19(17,18)12(14,15)16)9-3-1-2-4-10(9)11/h1-6H,7H2. The highest BCUT2D eigenvalue weighted by Gasteiger charge is 2.45. The van der Waals surface area contributed by atoms with Crippen molar-refractivity contribution in [2.24, 2.45) is 0 Å². The number of halogens is 4. The van der Waals surface area contributed by atoms with Crippen molar-refractivity contribution in [3.05, 3.63) is 47.0 Å². The molecule has 0 unspecified atom stereocenters. The van der Waals surface area contributed by atoms with Crippen LogP contribution in [0.5, 0.6) is 0 Å². The lowest BCUT2D eigenvalue weighted by atomic mass is 10.1. The predicted molar refractivity (Wildman–Crippen MR) is 67.6 cm³/mol. The van der Waals surface area contributed by atoms with E-state index >= 15 is 0 Å². The molecule has 0 radical (unpaired) electrons. The van der Waals surface area contributed by atoms with E-state index < -0.39 is 21.1 Å².